The molecule has 1 aliphatic rings. The highest BCUT2D eigenvalue weighted by molar-refractivity contribution is 6.31. The molecule has 1 aromatic heterocycles. The van der Waals surface area contributed by atoms with Crippen LogP contribution in [0.15, 0.2) is 34.9 Å². The standard InChI is InChI=1S/C17H21ClN2O4/c18-16-4-2-1-3-12(16)10-23-11-14(22)8-20-6-13(7-20)17-5-15(9-21)24-19-17/h1-5,13-14,21-22H,6-11H2. The SMILES string of the molecule is OCc1cc(C2CN(CC(O)COCc3ccccc3Cl)C2)no1. The van der Waals surface area contributed by atoms with Crippen LogP contribution in [0.5, 0.6) is 0 Å². The van der Waals surface area contributed by atoms with Crippen LogP contribution in [-0.2, 0) is 18.0 Å². The van der Waals surface area contributed by atoms with Gasteiger partial charge in [0.2, 0.25) is 0 Å². The summed E-state index contributed by atoms with van der Waals surface area (Å²) in [7, 11) is 0. The number of benzene rings is 1. The molecule has 0 spiro atoms. The molecular weight excluding hydrogens is 332 g/mol. The summed E-state index contributed by atoms with van der Waals surface area (Å²) in [4.78, 5) is 2.14. The Bertz CT molecular complexity index is 658. The van der Waals surface area contributed by atoms with Gasteiger partial charge in [0.1, 0.15) is 6.61 Å². The maximum atomic E-state index is 10.1. The molecule has 0 saturated carbocycles. The van der Waals surface area contributed by atoms with Gasteiger partial charge in [-0.05, 0) is 11.6 Å². The van der Waals surface area contributed by atoms with Crippen molar-refractivity contribution in [3.05, 3.63) is 52.4 Å². The van der Waals surface area contributed by atoms with E-state index in [-0.39, 0.29) is 13.2 Å². The van der Waals surface area contributed by atoms with Gasteiger partial charge in [-0.25, -0.2) is 0 Å². The van der Waals surface area contributed by atoms with E-state index in [9.17, 15) is 5.11 Å². The Morgan fingerprint density at radius 2 is 2.17 bits per heavy atom. The predicted octanol–water partition coefficient (Wildman–Crippen LogP) is 1.80. The molecule has 1 saturated heterocycles. The van der Waals surface area contributed by atoms with Crippen LogP contribution in [0.3, 0.4) is 0 Å². The zero-order chi connectivity index (χ0) is 16.9. The number of aliphatic hydroxyl groups is 2. The number of likely N-dealkylation sites (tertiary alicyclic amines) is 1. The van der Waals surface area contributed by atoms with Crippen molar-refractivity contribution < 1.29 is 19.5 Å². The van der Waals surface area contributed by atoms with Gasteiger partial charge in [-0.1, -0.05) is 35.0 Å². The zero-order valence-electron chi connectivity index (χ0n) is 13.3. The fraction of sp³-hybridized carbons (Fsp3) is 0.471. The predicted molar refractivity (Wildman–Crippen MR) is 88.7 cm³/mol. The van der Waals surface area contributed by atoms with E-state index in [2.05, 4.69) is 10.1 Å². The summed E-state index contributed by atoms with van der Waals surface area (Å²) in [6.07, 6.45) is -0.543. The number of hydrogen-bond donors (Lipinski definition) is 2. The highest BCUT2D eigenvalue weighted by Crippen LogP contribution is 2.26. The summed E-state index contributed by atoms with van der Waals surface area (Å²) in [6.45, 7) is 2.72. The first-order chi connectivity index (χ1) is 11.7. The number of aliphatic hydroxyl groups excluding tert-OH is 2. The molecule has 1 atom stereocenters. The van der Waals surface area contributed by atoms with Crippen molar-refractivity contribution in [2.45, 2.75) is 25.2 Å². The quantitative estimate of drug-likeness (QED) is 0.754. The van der Waals surface area contributed by atoms with Gasteiger partial charge in [0, 0.05) is 36.6 Å². The number of ether oxygens (including phenoxy) is 1. The van der Waals surface area contributed by atoms with Crippen LogP contribution < -0.4 is 0 Å². The zero-order valence-corrected chi connectivity index (χ0v) is 14.0. The average Bonchev–Trinajstić information content (AvgIpc) is 3.01. The number of hydrogen-bond acceptors (Lipinski definition) is 6. The molecule has 1 fully saturated rings. The van der Waals surface area contributed by atoms with Crippen molar-refractivity contribution in [1.29, 1.82) is 0 Å². The molecule has 0 bridgehead atoms. The number of halogens is 1. The van der Waals surface area contributed by atoms with Crippen molar-refractivity contribution in [2.75, 3.05) is 26.2 Å². The van der Waals surface area contributed by atoms with E-state index in [1.807, 2.05) is 24.3 Å². The minimum atomic E-state index is -0.543. The third kappa shape index (κ3) is 4.34. The fourth-order valence-corrected chi connectivity index (χ4v) is 2.96. The second-order valence-electron chi connectivity index (χ2n) is 6.05. The number of β-amino-alcohol motifs (C(OH)–C–C–N with tert-alkyl or cyclic N) is 1. The van der Waals surface area contributed by atoms with E-state index in [1.165, 1.54) is 0 Å². The minimum Gasteiger partial charge on any atom is -0.389 e. The lowest BCUT2D eigenvalue weighted by Crippen LogP contribution is -2.49. The van der Waals surface area contributed by atoms with Gasteiger partial charge in [0.05, 0.1) is 25.0 Å². The van der Waals surface area contributed by atoms with Crippen LogP contribution in [0.1, 0.15) is 22.9 Å². The smallest absolute Gasteiger partial charge is 0.162 e. The molecule has 1 aromatic carbocycles. The topological polar surface area (TPSA) is 79.0 Å². The molecule has 0 radical (unpaired) electrons. The van der Waals surface area contributed by atoms with Gasteiger partial charge in [-0.15, -0.1) is 0 Å². The Kier molecular flexibility index (Phi) is 5.86. The van der Waals surface area contributed by atoms with E-state index in [0.717, 1.165) is 24.3 Å². The van der Waals surface area contributed by atoms with Crippen LogP contribution in [0, 0.1) is 0 Å². The highest BCUT2D eigenvalue weighted by Gasteiger charge is 2.31. The third-order valence-electron chi connectivity index (χ3n) is 4.10. The van der Waals surface area contributed by atoms with Crippen molar-refractivity contribution in [3.63, 3.8) is 0 Å². The molecule has 7 heteroatoms. The molecule has 0 aliphatic carbocycles. The van der Waals surface area contributed by atoms with E-state index in [0.29, 0.717) is 29.9 Å². The van der Waals surface area contributed by atoms with Gasteiger partial charge in [-0.3, -0.25) is 4.90 Å². The molecule has 2 N–H and O–H groups in total. The Morgan fingerprint density at radius 3 is 2.88 bits per heavy atom. The summed E-state index contributed by atoms with van der Waals surface area (Å²) in [5.74, 6) is 0.779. The van der Waals surface area contributed by atoms with E-state index < -0.39 is 6.10 Å². The van der Waals surface area contributed by atoms with Gasteiger partial charge < -0.3 is 19.5 Å². The van der Waals surface area contributed by atoms with E-state index >= 15 is 0 Å². The minimum absolute atomic E-state index is 0.134. The first-order valence-electron chi connectivity index (χ1n) is 7.93. The molecule has 1 unspecified atom stereocenters. The van der Waals surface area contributed by atoms with Crippen LogP contribution >= 0.6 is 11.6 Å². The highest BCUT2D eigenvalue weighted by atomic mass is 35.5. The number of nitrogens with zero attached hydrogens (tertiary/aromatic N) is 2. The van der Waals surface area contributed by atoms with Gasteiger partial charge in [0.25, 0.3) is 0 Å². The number of aromatic nitrogens is 1. The monoisotopic (exact) mass is 352 g/mol. The summed E-state index contributed by atoms with van der Waals surface area (Å²) in [5.41, 5.74) is 1.78. The molecule has 3 rings (SSSR count). The van der Waals surface area contributed by atoms with Crippen LogP contribution in [0.25, 0.3) is 0 Å². The van der Waals surface area contributed by atoms with Crippen molar-refractivity contribution in [3.8, 4) is 0 Å². The summed E-state index contributed by atoms with van der Waals surface area (Å²) in [5, 5.41) is 23.7. The van der Waals surface area contributed by atoms with Crippen molar-refractivity contribution in [1.82, 2.24) is 10.1 Å². The molecular formula is C17H21ClN2O4. The lowest BCUT2D eigenvalue weighted by molar-refractivity contribution is -0.00549. The molecule has 0 amide bonds. The van der Waals surface area contributed by atoms with Crippen molar-refractivity contribution >= 4 is 11.6 Å². The molecule has 130 valence electrons. The summed E-state index contributed by atoms with van der Waals surface area (Å²) in [6, 6.07) is 9.30. The second kappa shape index (κ2) is 8.09. The average molecular weight is 353 g/mol. The Balaban J connectivity index is 1.35. The molecule has 2 aromatic rings. The lowest BCUT2D eigenvalue weighted by atomic mass is 9.96. The third-order valence-corrected chi connectivity index (χ3v) is 4.47. The van der Waals surface area contributed by atoms with Gasteiger partial charge in [0.15, 0.2) is 5.76 Å². The maximum Gasteiger partial charge on any atom is 0.162 e. The van der Waals surface area contributed by atoms with E-state index in [1.54, 1.807) is 6.07 Å². The van der Waals surface area contributed by atoms with Gasteiger partial charge in [-0.2, -0.15) is 0 Å². The molecule has 6 nitrogen and oxygen atoms in total. The Hall–Kier alpha value is -1.44. The van der Waals surface area contributed by atoms with Crippen LogP contribution in [0.4, 0.5) is 0 Å². The largest absolute Gasteiger partial charge is 0.389 e. The summed E-state index contributed by atoms with van der Waals surface area (Å²) >= 11 is 6.06. The van der Waals surface area contributed by atoms with Crippen LogP contribution in [0.2, 0.25) is 5.02 Å². The summed E-state index contributed by atoms with van der Waals surface area (Å²) < 4.78 is 10.5. The van der Waals surface area contributed by atoms with E-state index in [4.69, 9.17) is 26.0 Å². The molecule has 1 aliphatic heterocycles. The molecule has 2 heterocycles. The number of rotatable bonds is 8. The fourth-order valence-electron chi connectivity index (χ4n) is 2.77. The Labute approximate surface area is 145 Å². The Morgan fingerprint density at radius 1 is 1.38 bits per heavy atom. The van der Waals surface area contributed by atoms with Crippen molar-refractivity contribution in [2.24, 2.45) is 0 Å². The van der Waals surface area contributed by atoms with Crippen LogP contribution in [-0.4, -0.2) is 52.6 Å². The first kappa shape index (κ1) is 17.4. The molecule has 24 heavy (non-hydrogen) atoms. The van der Waals surface area contributed by atoms with Gasteiger partial charge >= 0.3 is 0 Å². The maximum absolute atomic E-state index is 10.1. The normalized spacial score (nSPS) is 17.0. The first-order valence-corrected chi connectivity index (χ1v) is 8.31. The lowest BCUT2D eigenvalue weighted by Gasteiger charge is -2.39. The second-order valence-corrected chi connectivity index (χ2v) is 6.46.